The quantitative estimate of drug-likeness (QED) is 0.803. The summed E-state index contributed by atoms with van der Waals surface area (Å²) < 4.78 is 18.8. The molecule has 0 radical (unpaired) electrons. The highest BCUT2D eigenvalue weighted by molar-refractivity contribution is 6.30. The Bertz CT molecular complexity index is 724. The number of nitrogens with zero attached hydrogens (tertiary/aromatic N) is 1. The van der Waals surface area contributed by atoms with E-state index in [2.05, 4.69) is 0 Å². The standard InChI is InChI=1S/C16H11ClFNO2/c1-21-12-5-6-13(15(18)8-12)16(20)14(9-19)10-3-2-4-11(17)7-10/h2-8,14H,1H3. The molecule has 0 fully saturated rings. The van der Waals surface area contributed by atoms with Gasteiger partial charge in [0, 0.05) is 11.1 Å². The van der Waals surface area contributed by atoms with Gasteiger partial charge in [-0.2, -0.15) is 5.26 Å². The van der Waals surface area contributed by atoms with Crippen LogP contribution in [0.3, 0.4) is 0 Å². The van der Waals surface area contributed by atoms with Gasteiger partial charge < -0.3 is 4.74 Å². The van der Waals surface area contributed by atoms with Gasteiger partial charge in [0.25, 0.3) is 0 Å². The second-order valence-corrected chi connectivity index (χ2v) is 4.76. The van der Waals surface area contributed by atoms with Crippen molar-refractivity contribution < 1.29 is 13.9 Å². The maximum absolute atomic E-state index is 13.9. The van der Waals surface area contributed by atoms with Crippen molar-refractivity contribution in [1.82, 2.24) is 0 Å². The van der Waals surface area contributed by atoms with Crippen molar-refractivity contribution in [2.24, 2.45) is 0 Å². The third-order valence-corrected chi connectivity index (χ3v) is 3.25. The van der Waals surface area contributed by atoms with Gasteiger partial charge in [-0.15, -0.1) is 0 Å². The lowest BCUT2D eigenvalue weighted by Crippen LogP contribution is -2.13. The molecule has 0 amide bonds. The Balaban J connectivity index is 2.40. The van der Waals surface area contributed by atoms with E-state index in [0.29, 0.717) is 16.3 Å². The van der Waals surface area contributed by atoms with Gasteiger partial charge in [0.05, 0.1) is 18.7 Å². The molecule has 1 atom stereocenters. The molecule has 5 heteroatoms. The van der Waals surface area contributed by atoms with Gasteiger partial charge in [-0.25, -0.2) is 4.39 Å². The molecule has 0 N–H and O–H groups in total. The normalized spacial score (nSPS) is 11.5. The molecule has 0 bridgehead atoms. The number of carbonyl (C=O) groups excluding carboxylic acids is 1. The molecule has 3 nitrogen and oxygen atoms in total. The number of Topliss-reactive ketones (excluding diaryl/α,β-unsaturated/α-hetero) is 1. The van der Waals surface area contributed by atoms with Gasteiger partial charge in [-0.1, -0.05) is 23.7 Å². The number of carbonyl (C=O) groups is 1. The molecular weight excluding hydrogens is 293 g/mol. The van der Waals surface area contributed by atoms with Crippen LogP contribution in [0.4, 0.5) is 4.39 Å². The number of nitriles is 1. The maximum atomic E-state index is 13.9. The molecule has 0 aliphatic heterocycles. The summed E-state index contributed by atoms with van der Waals surface area (Å²) in [7, 11) is 1.40. The highest BCUT2D eigenvalue weighted by atomic mass is 35.5. The number of hydrogen-bond acceptors (Lipinski definition) is 3. The molecule has 21 heavy (non-hydrogen) atoms. The minimum Gasteiger partial charge on any atom is -0.497 e. The van der Waals surface area contributed by atoms with Crippen LogP contribution in [0.15, 0.2) is 42.5 Å². The van der Waals surface area contributed by atoms with Crippen LogP contribution >= 0.6 is 11.6 Å². The Labute approximate surface area is 126 Å². The maximum Gasteiger partial charge on any atom is 0.187 e. The Morgan fingerprint density at radius 1 is 1.33 bits per heavy atom. The average Bonchev–Trinajstić information content (AvgIpc) is 2.47. The number of ether oxygens (including phenoxy) is 1. The first kappa shape index (κ1) is 15.0. The molecular formula is C16H11ClFNO2. The molecule has 0 saturated heterocycles. The van der Waals surface area contributed by atoms with Gasteiger partial charge in [0.15, 0.2) is 5.78 Å². The SMILES string of the molecule is COc1ccc(C(=O)C(C#N)c2cccc(Cl)c2)c(F)c1. The smallest absolute Gasteiger partial charge is 0.187 e. The van der Waals surface area contributed by atoms with E-state index in [1.807, 2.05) is 6.07 Å². The lowest BCUT2D eigenvalue weighted by molar-refractivity contribution is 0.0975. The average molecular weight is 304 g/mol. The van der Waals surface area contributed by atoms with Crippen LogP contribution in [0.2, 0.25) is 5.02 Å². The Kier molecular flexibility index (Phi) is 4.56. The van der Waals surface area contributed by atoms with Crippen molar-refractivity contribution in [3.05, 3.63) is 64.4 Å². The number of halogens is 2. The molecule has 0 aromatic heterocycles. The molecule has 0 heterocycles. The van der Waals surface area contributed by atoms with Gasteiger partial charge in [0.2, 0.25) is 0 Å². The molecule has 0 spiro atoms. The zero-order chi connectivity index (χ0) is 15.4. The van der Waals surface area contributed by atoms with E-state index in [1.54, 1.807) is 18.2 Å². The van der Waals surface area contributed by atoms with E-state index >= 15 is 0 Å². The number of hydrogen-bond donors (Lipinski definition) is 0. The first-order chi connectivity index (χ1) is 10.1. The molecule has 2 rings (SSSR count). The number of methoxy groups -OCH3 is 1. The molecule has 1 unspecified atom stereocenters. The summed E-state index contributed by atoms with van der Waals surface area (Å²) in [4.78, 5) is 12.4. The van der Waals surface area contributed by atoms with Crippen LogP contribution in [0, 0.1) is 17.1 Å². The molecule has 106 valence electrons. The van der Waals surface area contributed by atoms with Crippen molar-refractivity contribution in [3.8, 4) is 11.8 Å². The topological polar surface area (TPSA) is 50.1 Å². The lowest BCUT2D eigenvalue weighted by atomic mass is 9.91. The van der Waals surface area contributed by atoms with Crippen LogP contribution in [-0.4, -0.2) is 12.9 Å². The fraction of sp³-hybridized carbons (Fsp3) is 0.125. The van der Waals surface area contributed by atoms with Crippen molar-refractivity contribution in [3.63, 3.8) is 0 Å². The summed E-state index contributed by atoms with van der Waals surface area (Å²) >= 11 is 5.86. The van der Waals surface area contributed by atoms with Crippen LogP contribution < -0.4 is 4.74 Å². The molecule has 0 saturated carbocycles. The van der Waals surface area contributed by atoms with E-state index < -0.39 is 17.5 Å². The minimum absolute atomic E-state index is 0.151. The van der Waals surface area contributed by atoms with E-state index in [9.17, 15) is 14.4 Å². The van der Waals surface area contributed by atoms with Crippen LogP contribution in [0.25, 0.3) is 0 Å². The third-order valence-electron chi connectivity index (χ3n) is 3.02. The van der Waals surface area contributed by atoms with Crippen LogP contribution in [0.5, 0.6) is 5.75 Å². The van der Waals surface area contributed by atoms with Crippen LogP contribution in [0.1, 0.15) is 21.8 Å². The summed E-state index contributed by atoms with van der Waals surface area (Å²) in [6.07, 6.45) is 0. The fourth-order valence-electron chi connectivity index (χ4n) is 1.95. The predicted octanol–water partition coefficient (Wildman–Crippen LogP) is 3.98. The molecule has 2 aromatic carbocycles. The summed E-state index contributed by atoms with van der Waals surface area (Å²) in [5.41, 5.74) is 0.285. The summed E-state index contributed by atoms with van der Waals surface area (Å²) in [6.45, 7) is 0. The third kappa shape index (κ3) is 3.21. The summed E-state index contributed by atoms with van der Waals surface area (Å²) in [5, 5.41) is 9.65. The predicted molar refractivity (Wildman–Crippen MR) is 77.1 cm³/mol. The summed E-state index contributed by atoms with van der Waals surface area (Å²) in [5.74, 6) is -2.13. The zero-order valence-electron chi connectivity index (χ0n) is 11.1. The Morgan fingerprint density at radius 3 is 2.67 bits per heavy atom. The van der Waals surface area contributed by atoms with E-state index in [0.717, 1.165) is 6.07 Å². The van der Waals surface area contributed by atoms with Gasteiger partial charge >= 0.3 is 0 Å². The van der Waals surface area contributed by atoms with Gasteiger partial charge in [-0.05, 0) is 29.8 Å². The number of ketones is 1. The van der Waals surface area contributed by atoms with Gasteiger partial charge in [-0.3, -0.25) is 4.79 Å². The first-order valence-electron chi connectivity index (χ1n) is 6.09. The monoisotopic (exact) mass is 303 g/mol. The first-order valence-corrected chi connectivity index (χ1v) is 6.47. The number of benzene rings is 2. The van der Waals surface area contributed by atoms with E-state index in [-0.39, 0.29) is 5.56 Å². The minimum atomic E-state index is -1.11. The van der Waals surface area contributed by atoms with Crippen LogP contribution in [-0.2, 0) is 0 Å². The molecule has 0 aliphatic rings. The van der Waals surface area contributed by atoms with E-state index in [4.69, 9.17) is 16.3 Å². The second kappa shape index (κ2) is 6.38. The highest BCUT2D eigenvalue weighted by Gasteiger charge is 2.24. The van der Waals surface area contributed by atoms with Crippen molar-refractivity contribution in [2.75, 3.05) is 7.11 Å². The highest BCUT2D eigenvalue weighted by Crippen LogP contribution is 2.25. The van der Waals surface area contributed by atoms with Crippen molar-refractivity contribution in [1.29, 1.82) is 5.26 Å². The molecule has 2 aromatic rings. The second-order valence-electron chi connectivity index (χ2n) is 4.33. The molecule has 0 aliphatic carbocycles. The Morgan fingerprint density at radius 2 is 2.10 bits per heavy atom. The largest absolute Gasteiger partial charge is 0.497 e. The van der Waals surface area contributed by atoms with Gasteiger partial charge in [0.1, 0.15) is 17.5 Å². The summed E-state index contributed by atoms with van der Waals surface area (Å²) in [6, 6.07) is 12.2. The Hall–Kier alpha value is -2.38. The van der Waals surface area contributed by atoms with Crippen molar-refractivity contribution >= 4 is 17.4 Å². The number of rotatable bonds is 4. The fourth-order valence-corrected chi connectivity index (χ4v) is 2.15. The lowest BCUT2D eigenvalue weighted by Gasteiger charge is -2.10. The van der Waals surface area contributed by atoms with Crippen molar-refractivity contribution in [2.45, 2.75) is 5.92 Å². The van der Waals surface area contributed by atoms with E-state index in [1.165, 1.54) is 25.3 Å². The zero-order valence-corrected chi connectivity index (χ0v) is 11.9.